The summed E-state index contributed by atoms with van der Waals surface area (Å²) in [6.45, 7) is 2.17. The summed E-state index contributed by atoms with van der Waals surface area (Å²) >= 11 is 0. The second-order valence-corrected chi connectivity index (χ2v) is 7.75. The van der Waals surface area contributed by atoms with Crippen molar-refractivity contribution < 1.29 is 26.7 Å². The monoisotopic (exact) mass is 424 g/mol. The zero-order valence-corrected chi connectivity index (χ0v) is 16.9. The third-order valence-electron chi connectivity index (χ3n) is 5.53. The molecule has 0 heterocycles. The number of halogens is 5. The molecule has 2 aromatic rings. The molecule has 0 radical (unpaired) electrons. The topological polar surface area (TPSA) is 9.23 Å². The quantitative estimate of drug-likeness (QED) is 0.308. The predicted molar refractivity (Wildman–Crippen MR) is 107 cm³/mol. The van der Waals surface area contributed by atoms with Gasteiger partial charge in [-0.2, -0.15) is 8.78 Å². The molecule has 162 valence electrons. The number of unbranched alkanes of at least 4 members (excludes halogenated alkanes) is 2. The SMILES string of the molecule is CCCCCC1CC=C(c2ccc(C(F)(F)Oc3ccc(F)c(F)c3)c(F)c2)CC1. The third-order valence-corrected chi connectivity index (χ3v) is 5.53. The van der Waals surface area contributed by atoms with Crippen LogP contribution in [0.3, 0.4) is 0 Å². The summed E-state index contributed by atoms with van der Waals surface area (Å²) in [5.74, 6) is -3.58. The molecule has 0 bridgehead atoms. The average Bonchev–Trinajstić information content (AvgIpc) is 2.71. The maximum absolute atomic E-state index is 14.5. The molecule has 1 aliphatic carbocycles. The normalized spacial score (nSPS) is 17.0. The largest absolute Gasteiger partial charge is 0.429 e. The number of rotatable bonds is 8. The van der Waals surface area contributed by atoms with Crippen molar-refractivity contribution in [2.75, 3.05) is 0 Å². The highest BCUT2D eigenvalue weighted by atomic mass is 19.3. The first-order chi connectivity index (χ1) is 14.3. The molecule has 0 saturated carbocycles. The molecule has 6 heteroatoms. The minimum atomic E-state index is -4.03. The Morgan fingerprint density at radius 1 is 0.967 bits per heavy atom. The Kier molecular flexibility index (Phi) is 7.16. The lowest BCUT2D eigenvalue weighted by molar-refractivity contribution is -0.187. The van der Waals surface area contributed by atoms with Crippen molar-refractivity contribution in [1.29, 1.82) is 0 Å². The zero-order valence-electron chi connectivity index (χ0n) is 16.9. The Bertz CT molecular complexity index is 906. The van der Waals surface area contributed by atoms with Crippen LogP contribution in [0, 0.1) is 23.4 Å². The standard InChI is InChI=1S/C24H25F5O/c1-2-3-4-5-16-6-8-17(9-7-16)18-10-12-20(22(26)14-18)24(28,29)30-19-11-13-21(25)23(27)15-19/h8,10-16H,2-7,9H2,1H3. The molecule has 3 rings (SSSR count). The highest BCUT2D eigenvalue weighted by molar-refractivity contribution is 5.66. The third kappa shape index (κ3) is 5.41. The van der Waals surface area contributed by atoms with Gasteiger partial charge in [-0.25, -0.2) is 13.2 Å². The summed E-state index contributed by atoms with van der Waals surface area (Å²) in [5, 5.41) is 0. The number of alkyl halides is 2. The molecule has 30 heavy (non-hydrogen) atoms. The predicted octanol–water partition coefficient (Wildman–Crippen LogP) is 8.00. The molecule has 1 atom stereocenters. The summed E-state index contributed by atoms with van der Waals surface area (Å²) in [7, 11) is 0. The summed E-state index contributed by atoms with van der Waals surface area (Å²) < 4.78 is 74.0. The Balaban J connectivity index is 1.71. The van der Waals surface area contributed by atoms with E-state index >= 15 is 0 Å². The van der Waals surface area contributed by atoms with Gasteiger partial charge < -0.3 is 4.74 Å². The second kappa shape index (κ2) is 9.63. The first kappa shape index (κ1) is 22.3. The smallest absolute Gasteiger partial charge is 0.429 e. The Morgan fingerprint density at radius 3 is 2.40 bits per heavy atom. The number of hydrogen-bond donors (Lipinski definition) is 0. The van der Waals surface area contributed by atoms with E-state index in [4.69, 9.17) is 0 Å². The van der Waals surface area contributed by atoms with Crippen LogP contribution in [0.2, 0.25) is 0 Å². The summed E-state index contributed by atoms with van der Waals surface area (Å²) in [4.78, 5) is 0. The molecular formula is C24H25F5O. The van der Waals surface area contributed by atoms with Crippen LogP contribution in [0.1, 0.15) is 63.0 Å². The van der Waals surface area contributed by atoms with E-state index in [2.05, 4.69) is 17.7 Å². The van der Waals surface area contributed by atoms with Crippen molar-refractivity contribution in [3.63, 3.8) is 0 Å². The van der Waals surface area contributed by atoms with Crippen LogP contribution >= 0.6 is 0 Å². The summed E-state index contributed by atoms with van der Waals surface area (Å²) in [6.07, 6.45) is 5.55. The maximum atomic E-state index is 14.5. The fourth-order valence-electron chi connectivity index (χ4n) is 3.79. The first-order valence-corrected chi connectivity index (χ1v) is 10.3. The van der Waals surface area contributed by atoms with Gasteiger partial charge in [-0.05, 0) is 60.6 Å². The first-order valence-electron chi connectivity index (χ1n) is 10.3. The van der Waals surface area contributed by atoms with E-state index in [9.17, 15) is 22.0 Å². The molecule has 1 nitrogen and oxygen atoms in total. The lowest BCUT2D eigenvalue weighted by atomic mass is 9.83. The van der Waals surface area contributed by atoms with Gasteiger partial charge in [0.15, 0.2) is 11.6 Å². The van der Waals surface area contributed by atoms with E-state index in [0.717, 1.165) is 43.0 Å². The van der Waals surface area contributed by atoms with Crippen molar-refractivity contribution in [2.24, 2.45) is 5.92 Å². The van der Waals surface area contributed by atoms with E-state index in [0.29, 0.717) is 23.6 Å². The van der Waals surface area contributed by atoms with Gasteiger partial charge in [-0.3, -0.25) is 0 Å². The fourth-order valence-corrected chi connectivity index (χ4v) is 3.79. The number of hydrogen-bond acceptors (Lipinski definition) is 1. The Morgan fingerprint density at radius 2 is 1.77 bits per heavy atom. The molecule has 0 fully saturated rings. The molecule has 2 aromatic carbocycles. The molecule has 0 aromatic heterocycles. The van der Waals surface area contributed by atoms with Crippen LogP contribution in [0.25, 0.3) is 5.57 Å². The van der Waals surface area contributed by atoms with Crippen LogP contribution in [-0.4, -0.2) is 0 Å². The summed E-state index contributed by atoms with van der Waals surface area (Å²) in [5.41, 5.74) is 0.578. The van der Waals surface area contributed by atoms with E-state index in [1.165, 1.54) is 31.7 Å². The molecule has 1 aliphatic rings. The van der Waals surface area contributed by atoms with Crippen LogP contribution in [0.4, 0.5) is 22.0 Å². The number of benzene rings is 2. The van der Waals surface area contributed by atoms with Crippen LogP contribution in [0.5, 0.6) is 5.75 Å². The maximum Gasteiger partial charge on any atom is 0.429 e. The van der Waals surface area contributed by atoms with Crippen molar-refractivity contribution >= 4 is 5.57 Å². The van der Waals surface area contributed by atoms with Gasteiger partial charge in [0.1, 0.15) is 11.6 Å². The molecular weight excluding hydrogens is 399 g/mol. The van der Waals surface area contributed by atoms with Crippen molar-refractivity contribution in [2.45, 2.75) is 58.0 Å². The highest BCUT2D eigenvalue weighted by Crippen LogP contribution is 2.37. The Hall–Kier alpha value is -2.37. The lowest BCUT2D eigenvalue weighted by Gasteiger charge is -2.23. The molecule has 0 aliphatic heterocycles. The highest BCUT2D eigenvalue weighted by Gasteiger charge is 2.38. The van der Waals surface area contributed by atoms with Crippen molar-refractivity contribution in [1.82, 2.24) is 0 Å². The van der Waals surface area contributed by atoms with Gasteiger partial charge in [-0.1, -0.05) is 44.7 Å². The van der Waals surface area contributed by atoms with Crippen LogP contribution < -0.4 is 4.74 Å². The summed E-state index contributed by atoms with van der Waals surface area (Å²) in [6, 6.07) is 5.55. The van der Waals surface area contributed by atoms with Crippen molar-refractivity contribution in [3.05, 3.63) is 71.1 Å². The number of ether oxygens (including phenoxy) is 1. The van der Waals surface area contributed by atoms with Gasteiger partial charge in [0.2, 0.25) is 0 Å². The second-order valence-electron chi connectivity index (χ2n) is 7.75. The van der Waals surface area contributed by atoms with Gasteiger partial charge in [-0.15, -0.1) is 0 Å². The van der Waals surface area contributed by atoms with Gasteiger partial charge in [0, 0.05) is 6.07 Å². The average molecular weight is 424 g/mol. The molecule has 0 amide bonds. The minimum Gasteiger partial charge on any atom is -0.429 e. The van der Waals surface area contributed by atoms with Crippen LogP contribution in [0.15, 0.2) is 42.5 Å². The van der Waals surface area contributed by atoms with E-state index in [1.807, 2.05) is 0 Å². The lowest BCUT2D eigenvalue weighted by Crippen LogP contribution is -2.23. The van der Waals surface area contributed by atoms with Crippen LogP contribution in [-0.2, 0) is 6.11 Å². The molecule has 1 unspecified atom stereocenters. The Labute approximate surface area is 173 Å². The van der Waals surface area contributed by atoms with Gasteiger partial charge >= 0.3 is 6.11 Å². The zero-order chi connectivity index (χ0) is 21.7. The van der Waals surface area contributed by atoms with E-state index in [-0.39, 0.29) is 0 Å². The van der Waals surface area contributed by atoms with E-state index in [1.54, 1.807) is 0 Å². The fraction of sp³-hybridized carbons (Fsp3) is 0.417. The minimum absolute atomic E-state index is 0.499. The molecule has 0 N–H and O–H groups in total. The van der Waals surface area contributed by atoms with Gasteiger partial charge in [0.05, 0.1) is 5.56 Å². The van der Waals surface area contributed by atoms with Gasteiger partial charge in [0.25, 0.3) is 0 Å². The van der Waals surface area contributed by atoms with E-state index < -0.39 is 34.9 Å². The van der Waals surface area contributed by atoms with Crippen molar-refractivity contribution in [3.8, 4) is 5.75 Å². The number of allylic oxidation sites excluding steroid dienone is 2. The molecule has 0 saturated heterocycles. The molecule has 0 spiro atoms.